The molecule has 0 spiro atoms. The minimum absolute atomic E-state index is 0.105. The summed E-state index contributed by atoms with van der Waals surface area (Å²) in [5, 5.41) is 0. The van der Waals surface area contributed by atoms with E-state index in [1.54, 1.807) is 0 Å². The summed E-state index contributed by atoms with van der Waals surface area (Å²) in [4.78, 5) is 0. The van der Waals surface area contributed by atoms with Gasteiger partial charge in [0.2, 0.25) is 0 Å². The van der Waals surface area contributed by atoms with E-state index in [4.69, 9.17) is 14.2 Å². The fraction of sp³-hybridized carbons (Fsp3) is 0.700. The van der Waals surface area contributed by atoms with Gasteiger partial charge in [-0.2, -0.15) is 0 Å². The number of hydrogen-bond acceptors (Lipinski definition) is 3. The molecule has 1 fully saturated rings. The van der Waals surface area contributed by atoms with Crippen molar-refractivity contribution in [3.63, 3.8) is 0 Å². The maximum atomic E-state index is 5.94. The lowest BCUT2D eigenvalue weighted by Crippen LogP contribution is -2.16. The maximum absolute atomic E-state index is 5.94. The van der Waals surface area contributed by atoms with E-state index in [9.17, 15) is 0 Å². The van der Waals surface area contributed by atoms with Crippen LogP contribution in [0.15, 0.2) is 18.2 Å². The number of rotatable bonds is 7. The molecule has 2 aliphatic heterocycles. The fourth-order valence-corrected chi connectivity index (χ4v) is 3.29. The van der Waals surface area contributed by atoms with Crippen LogP contribution in [-0.2, 0) is 11.2 Å². The Morgan fingerprint density at radius 2 is 2.04 bits per heavy atom. The van der Waals surface area contributed by atoms with E-state index < -0.39 is 0 Å². The second-order valence-electron chi connectivity index (χ2n) is 7.76. The summed E-state index contributed by atoms with van der Waals surface area (Å²) < 4.78 is 17.4. The SMILES string of the molecule is CC(CCOc1ccc2c(c1)OCCC2)C(C)CC1OC1(C)C. The van der Waals surface area contributed by atoms with Crippen molar-refractivity contribution in [2.24, 2.45) is 11.8 Å². The van der Waals surface area contributed by atoms with Gasteiger partial charge in [-0.05, 0) is 63.0 Å². The molecule has 2 aliphatic rings. The fourth-order valence-electron chi connectivity index (χ4n) is 3.29. The van der Waals surface area contributed by atoms with Gasteiger partial charge in [-0.25, -0.2) is 0 Å². The summed E-state index contributed by atoms with van der Waals surface area (Å²) in [5.41, 5.74) is 1.41. The Labute approximate surface area is 140 Å². The molecule has 2 heterocycles. The van der Waals surface area contributed by atoms with Gasteiger partial charge in [0.05, 0.1) is 24.9 Å². The molecule has 1 saturated heterocycles. The van der Waals surface area contributed by atoms with Crippen molar-refractivity contribution < 1.29 is 14.2 Å². The minimum Gasteiger partial charge on any atom is -0.493 e. The van der Waals surface area contributed by atoms with E-state index in [1.807, 2.05) is 6.07 Å². The molecule has 3 rings (SSSR count). The van der Waals surface area contributed by atoms with E-state index in [2.05, 4.69) is 39.8 Å². The van der Waals surface area contributed by atoms with Gasteiger partial charge >= 0.3 is 0 Å². The summed E-state index contributed by atoms with van der Waals surface area (Å²) in [6.45, 7) is 10.6. The normalized spacial score (nSPS) is 24.3. The average molecular weight is 318 g/mol. The summed E-state index contributed by atoms with van der Waals surface area (Å²) >= 11 is 0. The quantitative estimate of drug-likeness (QED) is 0.687. The van der Waals surface area contributed by atoms with Crippen LogP contribution in [0.2, 0.25) is 0 Å². The third kappa shape index (κ3) is 4.20. The highest BCUT2D eigenvalue weighted by atomic mass is 16.6. The van der Waals surface area contributed by atoms with Gasteiger partial charge < -0.3 is 14.2 Å². The van der Waals surface area contributed by atoms with Crippen molar-refractivity contribution in [2.75, 3.05) is 13.2 Å². The van der Waals surface area contributed by atoms with Crippen molar-refractivity contribution in [1.82, 2.24) is 0 Å². The summed E-state index contributed by atoms with van der Waals surface area (Å²) in [7, 11) is 0. The Morgan fingerprint density at radius 1 is 1.26 bits per heavy atom. The van der Waals surface area contributed by atoms with Crippen LogP contribution in [0.25, 0.3) is 0 Å². The van der Waals surface area contributed by atoms with Crippen LogP contribution in [-0.4, -0.2) is 24.9 Å². The highest BCUT2D eigenvalue weighted by molar-refractivity contribution is 5.41. The first-order valence-corrected chi connectivity index (χ1v) is 9.02. The smallest absolute Gasteiger partial charge is 0.126 e. The first kappa shape index (κ1) is 16.6. The second kappa shape index (κ2) is 6.72. The third-order valence-electron chi connectivity index (χ3n) is 5.45. The molecule has 1 aromatic carbocycles. The summed E-state index contributed by atoms with van der Waals surface area (Å²) in [5.74, 6) is 3.24. The third-order valence-corrected chi connectivity index (χ3v) is 5.45. The summed E-state index contributed by atoms with van der Waals surface area (Å²) in [6, 6.07) is 6.26. The Balaban J connectivity index is 1.42. The molecule has 23 heavy (non-hydrogen) atoms. The molecule has 0 bridgehead atoms. The molecule has 0 saturated carbocycles. The topological polar surface area (TPSA) is 31.0 Å². The highest BCUT2D eigenvalue weighted by Crippen LogP contribution is 2.41. The van der Waals surface area contributed by atoms with Crippen LogP contribution < -0.4 is 9.47 Å². The zero-order chi connectivity index (χ0) is 16.4. The molecule has 1 aromatic rings. The van der Waals surface area contributed by atoms with Crippen molar-refractivity contribution in [2.45, 2.75) is 65.1 Å². The lowest BCUT2D eigenvalue weighted by atomic mass is 9.87. The van der Waals surface area contributed by atoms with Crippen LogP contribution in [0.3, 0.4) is 0 Å². The Kier molecular flexibility index (Phi) is 4.86. The number of benzene rings is 1. The van der Waals surface area contributed by atoms with Crippen LogP contribution in [0, 0.1) is 11.8 Å². The molecule has 3 nitrogen and oxygen atoms in total. The Hall–Kier alpha value is -1.22. The van der Waals surface area contributed by atoms with E-state index in [0.717, 1.165) is 50.4 Å². The predicted molar refractivity (Wildman–Crippen MR) is 92.3 cm³/mol. The van der Waals surface area contributed by atoms with Crippen LogP contribution in [0.1, 0.15) is 52.5 Å². The number of ether oxygens (including phenoxy) is 3. The second-order valence-corrected chi connectivity index (χ2v) is 7.76. The lowest BCUT2D eigenvalue weighted by molar-refractivity contribution is 0.232. The number of aryl methyl sites for hydroxylation is 1. The molecular formula is C20H30O3. The lowest BCUT2D eigenvalue weighted by Gasteiger charge is -2.20. The Morgan fingerprint density at radius 3 is 2.78 bits per heavy atom. The van der Waals surface area contributed by atoms with E-state index in [0.29, 0.717) is 17.9 Å². The first-order chi connectivity index (χ1) is 11.0. The van der Waals surface area contributed by atoms with Gasteiger partial charge in [-0.3, -0.25) is 0 Å². The molecule has 3 unspecified atom stereocenters. The first-order valence-electron chi connectivity index (χ1n) is 9.02. The zero-order valence-corrected chi connectivity index (χ0v) is 14.9. The molecule has 128 valence electrons. The van der Waals surface area contributed by atoms with Crippen LogP contribution in [0.5, 0.6) is 11.5 Å². The minimum atomic E-state index is 0.105. The number of hydrogen-bond donors (Lipinski definition) is 0. The van der Waals surface area contributed by atoms with Crippen LogP contribution >= 0.6 is 0 Å². The molecule has 0 N–H and O–H groups in total. The van der Waals surface area contributed by atoms with Crippen molar-refractivity contribution >= 4 is 0 Å². The van der Waals surface area contributed by atoms with E-state index in [-0.39, 0.29) is 5.60 Å². The van der Waals surface area contributed by atoms with Gasteiger partial charge in [-0.15, -0.1) is 0 Å². The molecule has 0 radical (unpaired) electrons. The van der Waals surface area contributed by atoms with E-state index in [1.165, 1.54) is 5.56 Å². The monoisotopic (exact) mass is 318 g/mol. The molecule has 0 aromatic heterocycles. The van der Waals surface area contributed by atoms with Crippen LogP contribution in [0.4, 0.5) is 0 Å². The maximum Gasteiger partial charge on any atom is 0.126 e. The average Bonchev–Trinajstić information content (AvgIpc) is 3.13. The van der Waals surface area contributed by atoms with Gasteiger partial charge in [0.15, 0.2) is 0 Å². The van der Waals surface area contributed by atoms with Gasteiger partial charge in [0.1, 0.15) is 11.5 Å². The molecule has 0 aliphatic carbocycles. The zero-order valence-electron chi connectivity index (χ0n) is 14.9. The number of epoxide rings is 1. The number of fused-ring (bicyclic) bond motifs is 1. The molecular weight excluding hydrogens is 288 g/mol. The molecule has 3 heteroatoms. The van der Waals surface area contributed by atoms with Gasteiger partial charge in [-0.1, -0.05) is 19.9 Å². The largest absolute Gasteiger partial charge is 0.493 e. The highest BCUT2D eigenvalue weighted by Gasteiger charge is 2.48. The van der Waals surface area contributed by atoms with Crippen molar-refractivity contribution in [1.29, 1.82) is 0 Å². The van der Waals surface area contributed by atoms with E-state index >= 15 is 0 Å². The molecule has 3 atom stereocenters. The van der Waals surface area contributed by atoms with Crippen molar-refractivity contribution in [3.8, 4) is 11.5 Å². The molecule has 0 amide bonds. The van der Waals surface area contributed by atoms with Gasteiger partial charge in [0.25, 0.3) is 0 Å². The predicted octanol–water partition coefficient (Wildman–Crippen LogP) is 4.62. The van der Waals surface area contributed by atoms with Gasteiger partial charge in [0, 0.05) is 6.07 Å². The summed E-state index contributed by atoms with van der Waals surface area (Å²) in [6.07, 6.45) is 4.90. The Bertz CT molecular complexity index is 538. The van der Waals surface area contributed by atoms with Crippen molar-refractivity contribution in [3.05, 3.63) is 23.8 Å². The standard InChI is InChI=1S/C20H30O3/c1-14(15(2)12-19-20(3,4)23-19)9-11-21-17-8-7-16-6-5-10-22-18(16)13-17/h7-8,13-15,19H,5-6,9-12H2,1-4H3.